The van der Waals surface area contributed by atoms with Gasteiger partial charge in [0.25, 0.3) is 5.91 Å². The maximum atomic E-state index is 11.2. The van der Waals surface area contributed by atoms with Crippen LogP contribution in [0.15, 0.2) is 18.2 Å². The Kier molecular flexibility index (Phi) is 4.36. The Labute approximate surface area is 111 Å². The zero-order chi connectivity index (χ0) is 13.8. The van der Waals surface area contributed by atoms with Crippen LogP contribution in [0.4, 0.5) is 5.69 Å². The first-order chi connectivity index (χ1) is 9.10. The molecule has 1 amide bonds. The highest BCUT2D eigenvalue weighted by Gasteiger charge is 2.18. The largest absolute Gasteiger partial charge is 0.482 e. The van der Waals surface area contributed by atoms with Gasteiger partial charge in [-0.05, 0) is 24.7 Å². The van der Waals surface area contributed by atoms with Crippen molar-refractivity contribution < 1.29 is 19.7 Å². The summed E-state index contributed by atoms with van der Waals surface area (Å²) in [5.41, 5.74) is 1.28. The molecule has 104 valence electrons. The molecular weight excluding hydrogens is 248 g/mol. The molecule has 1 heterocycles. The third-order valence-corrected chi connectivity index (χ3v) is 2.99. The normalized spacial score (nSPS) is 15.7. The number of carbonyl (C=O) groups is 1. The van der Waals surface area contributed by atoms with Gasteiger partial charge in [-0.2, -0.15) is 0 Å². The maximum absolute atomic E-state index is 11.2. The molecule has 1 aliphatic rings. The van der Waals surface area contributed by atoms with Crippen LogP contribution in [0, 0.1) is 0 Å². The SMILES string of the molecule is CN(CCO)C[C@H](O)c1ccc2c(c1)NC(=O)CO2. The van der Waals surface area contributed by atoms with Crippen LogP contribution in [0.2, 0.25) is 0 Å². The Hall–Kier alpha value is -1.63. The van der Waals surface area contributed by atoms with Gasteiger partial charge >= 0.3 is 0 Å². The number of nitrogens with zero attached hydrogens (tertiary/aromatic N) is 1. The molecule has 19 heavy (non-hydrogen) atoms. The van der Waals surface area contributed by atoms with Gasteiger partial charge in [-0.1, -0.05) is 6.07 Å². The molecule has 0 saturated carbocycles. The smallest absolute Gasteiger partial charge is 0.262 e. The number of nitrogens with one attached hydrogen (secondary N) is 1. The lowest BCUT2D eigenvalue weighted by Gasteiger charge is -2.22. The minimum atomic E-state index is -0.680. The summed E-state index contributed by atoms with van der Waals surface area (Å²) in [6.07, 6.45) is -0.680. The van der Waals surface area contributed by atoms with Gasteiger partial charge in [0, 0.05) is 13.1 Å². The zero-order valence-corrected chi connectivity index (χ0v) is 10.8. The number of fused-ring (bicyclic) bond motifs is 1. The van der Waals surface area contributed by atoms with Crippen LogP contribution in [0.1, 0.15) is 11.7 Å². The van der Waals surface area contributed by atoms with Crippen molar-refractivity contribution in [2.24, 2.45) is 0 Å². The summed E-state index contributed by atoms with van der Waals surface area (Å²) in [5, 5.41) is 21.6. The van der Waals surface area contributed by atoms with Crippen LogP contribution in [0.5, 0.6) is 5.75 Å². The first-order valence-electron chi connectivity index (χ1n) is 6.14. The van der Waals surface area contributed by atoms with Crippen molar-refractivity contribution in [1.29, 1.82) is 0 Å². The van der Waals surface area contributed by atoms with Gasteiger partial charge in [-0.15, -0.1) is 0 Å². The van der Waals surface area contributed by atoms with Crippen molar-refractivity contribution in [2.75, 3.05) is 38.7 Å². The summed E-state index contributed by atoms with van der Waals surface area (Å²) >= 11 is 0. The van der Waals surface area contributed by atoms with E-state index in [-0.39, 0.29) is 19.1 Å². The van der Waals surface area contributed by atoms with Crippen LogP contribution in [0.3, 0.4) is 0 Å². The van der Waals surface area contributed by atoms with Crippen molar-refractivity contribution in [1.82, 2.24) is 4.90 Å². The summed E-state index contributed by atoms with van der Waals surface area (Å²) in [6.45, 7) is 0.988. The second-order valence-corrected chi connectivity index (χ2v) is 4.59. The fraction of sp³-hybridized carbons (Fsp3) is 0.462. The van der Waals surface area contributed by atoms with Crippen molar-refractivity contribution in [3.05, 3.63) is 23.8 Å². The van der Waals surface area contributed by atoms with E-state index in [1.165, 1.54) is 0 Å². The predicted molar refractivity (Wildman–Crippen MR) is 70.1 cm³/mol. The van der Waals surface area contributed by atoms with Gasteiger partial charge in [0.05, 0.1) is 18.4 Å². The van der Waals surface area contributed by atoms with Gasteiger partial charge in [0.15, 0.2) is 6.61 Å². The zero-order valence-electron chi connectivity index (χ0n) is 10.8. The molecule has 1 aliphatic heterocycles. The number of likely N-dealkylation sites (N-methyl/N-ethyl adjacent to an activating group) is 1. The Morgan fingerprint density at radius 1 is 1.53 bits per heavy atom. The third-order valence-electron chi connectivity index (χ3n) is 2.99. The maximum Gasteiger partial charge on any atom is 0.262 e. The Bertz CT molecular complexity index is 464. The Morgan fingerprint density at radius 2 is 2.32 bits per heavy atom. The molecule has 0 fully saturated rings. The minimum Gasteiger partial charge on any atom is -0.482 e. The molecule has 6 nitrogen and oxygen atoms in total. The number of ether oxygens (including phenoxy) is 1. The molecule has 0 radical (unpaired) electrons. The van der Waals surface area contributed by atoms with Crippen molar-refractivity contribution in [3.63, 3.8) is 0 Å². The second kappa shape index (κ2) is 6.01. The lowest BCUT2D eigenvalue weighted by Crippen LogP contribution is -2.28. The fourth-order valence-corrected chi connectivity index (χ4v) is 1.97. The van der Waals surface area contributed by atoms with Gasteiger partial charge in [-0.3, -0.25) is 4.79 Å². The van der Waals surface area contributed by atoms with E-state index in [0.29, 0.717) is 30.1 Å². The summed E-state index contributed by atoms with van der Waals surface area (Å²) in [6, 6.07) is 5.22. The molecule has 0 spiro atoms. The number of carbonyl (C=O) groups excluding carboxylic acids is 1. The average Bonchev–Trinajstić information content (AvgIpc) is 2.38. The number of hydrogen-bond donors (Lipinski definition) is 3. The minimum absolute atomic E-state index is 0.0220. The molecule has 1 atom stereocenters. The summed E-state index contributed by atoms with van der Waals surface area (Å²) < 4.78 is 5.25. The lowest BCUT2D eigenvalue weighted by molar-refractivity contribution is -0.118. The van der Waals surface area contributed by atoms with E-state index in [4.69, 9.17) is 9.84 Å². The van der Waals surface area contributed by atoms with E-state index >= 15 is 0 Å². The van der Waals surface area contributed by atoms with Crippen molar-refractivity contribution in [3.8, 4) is 5.75 Å². The quantitative estimate of drug-likeness (QED) is 0.697. The van der Waals surface area contributed by atoms with Crippen LogP contribution in [-0.2, 0) is 4.79 Å². The molecule has 0 aliphatic carbocycles. The van der Waals surface area contributed by atoms with Gasteiger partial charge in [0.1, 0.15) is 5.75 Å². The second-order valence-electron chi connectivity index (χ2n) is 4.59. The predicted octanol–water partition coefficient (Wildman–Crippen LogP) is -0.0250. The highest BCUT2D eigenvalue weighted by molar-refractivity contribution is 5.95. The summed E-state index contributed by atoms with van der Waals surface area (Å²) in [5.74, 6) is 0.413. The molecule has 0 saturated heterocycles. The Balaban J connectivity index is 2.08. The van der Waals surface area contributed by atoms with Crippen LogP contribution in [0.25, 0.3) is 0 Å². The first-order valence-corrected chi connectivity index (χ1v) is 6.14. The summed E-state index contributed by atoms with van der Waals surface area (Å²) in [4.78, 5) is 13.1. The van der Waals surface area contributed by atoms with Crippen LogP contribution in [-0.4, -0.2) is 54.4 Å². The number of aliphatic hydroxyl groups excluding tert-OH is 2. The number of anilines is 1. The Morgan fingerprint density at radius 3 is 3.05 bits per heavy atom. The van der Waals surface area contributed by atoms with E-state index in [0.717, 1.165) is 0 Å². The van der Waals surface area contributed by atoms with E-state index in [2.05, 4.69) is 5.32 Å². The molecule has 6 heteroatoms. The number of rotatable bonds is 5. The molecule has 1 aromatic carbocycles. The fourth-order valence-electron chi connectivity index (χ4n) is 1.97. The number of hydrogen-bond acceptors (Lipinski definition) is 5. The average molecular weight is 266 g/mol. The van der Waals surface area contributed by atoms with Gasteiger partial charge in [0.2, 0.25) is 0 Å². The molecule has 1 aromatic rings. The van der Waals surface area contributed by atoms with Gasteiger partial charge < -0.3 is 25.2 Å². The third kappa shape index (κ3) is 3.44. The highest BCUT2D eigenvalue weighted by Crippen LogP contribution is 2.30. The molecule has 3 N–H and O–H groups in total. The summed E-state index contributed by atoms with van der Waals surface area (Å²) in [7, 11) is 1.82. The number of benzene rings is 1. The van der Waals surface area contributed by atoms with Crippen LogP contribution >= 0.6 is 0 Å². The van der Waals surface area contributed by atoms with Gasteiger partial charge in [-0.25, -0.2) is 0 Å². The van der Waals surface area contributed by atoms with Crippen LogP contribution < -0.4 is 10.1 Å². The topological polar surface area (TPSA) is 82.0 Å². The van der Waals surface area contributed by atoms with E-state index in [1.807, 2.05) is 11.9 Å². The van der Waals surface area contributed by atoms with E-state index < -0.39 is 6.10 Å². The molecule has 2 rings (SSSR count). The molecule has 0 unspecified atom stereocenters. The van der Waals surface area contributed by atoms with Crippen molar-refractivity contribution in [2.45, 2.75) is 6.10 Å². The molecule has 0 aromatic heterocycles. The van der Waals surface area contributed by atoms with E-state index in [1.54, 1.807) is 18.2 Å². The number of amides is 1. The van der Waals surface area contributed by atoms with Crippen molar-refractivity contribution >= 4 is 11.6 Å². The first kappa shape index (κ1) is 13.8. The monoisotopic (exact) mass is 266 g/mol. The highest BCUT2D eigenvalue weighted by atomic mass is 16.5. The van der Waals surface area contributed by atoms with E-state index in [9.17, 15) is 9.90 Å². The number of aliphatic hydroxyl groups is 2. The lowest BCUT2D eigenvalue weighted by atomic mass is 10.1. The standard InChI is InChI=1S/C13H18N2O4/c1-15(4-5-16)7-11(17)9-2-3-12-10(6-9)14-13(18)8-19-12/h2-3,6,11,16-17H,4-5,7-8H2,1H3,(H,14,18)/t11-/m0/s1. The molecule has 0 bridgehead atoms. The molecular formula is C13H18N2O4.